The molecule has 0 fully saturated rings. The molecule has 3 aromatic rings. The minimum absolute atomic E-state index is 0.283. The maximum absolute atomic E-state index is 12.6. The zero-order valence-corrected chi connectivity index (χ0v) is 19.0. The highest BCUT2D eigenvalue weighted by Crippen LogP contribution is 2.28. The van der Waals surface area contributed by atoms with Crippen LogP contribution in [0, 0.1) is 26.2 Å². The Kier molecular flexibility index (Phi) is 6.26. The number of hydrogen-bond acceptors (Lipinski definition) is 4. The molecule has 0 aliphatic rings. The van der Waals surface area contributed by atoms with Gasteiger partial charge in [-0.15, -0.1) is 12.3 Å². The summed E-state index contributed by atoms with van der Waals surface area (Å²) in [6.07, 6.45) is 7.53. The van der Waals surface area contributed by atoms with Gasteiger partial charge in [-0.05, 0) is 58.4 Å². The number of imidazole rings is 1. The Balaban J connectivity index is 1.90. The molecule has 1 amide bonds. The summed E-state index contributed by atoms with van der Waals surface area (Å²) in [6, 6.07) is 9.60. The van der Waals surface area contributed by atoms with Crippen molar-refractivity contribution in [2.24, 2.45) is 0 Å². The van der Waals surface area contributed by atoms with Crippen molar-refractivity contribution in [3.63, 3.8) is 0 Å². The van der Waals surface area contributed by atoms with Crippen LogP contribution in [0.5, 0.6) is 5.75 Å². The first-order chi connectivity index (χ1) is 14.6. The topological polar surface area (TPSA) is 56.1 Å². The Bertz CT molecular complexity index is 1150. The lowest BCUT2D eigenvalue weighted by atomic mass is 10.1. The number of carbonyl (C=O) groups excluding carboxylic acids is 1. The number of benzene rings is 1. The molecule has 0 spiro atoms. The fourth-order valence-electron chi connectivity index (χ4n) is 3.39. The summed E-state index contributed by atoms with van der Waals surface area (Å²) in [4.78, 5) is 18.8. The van der Waals surface area contributed by atoms with Crippen LogP contribution in [0.1, 0.15) is 43.3 Å². The molecule has 31 heavy (non-hydrogen) atoms. The first-order valence-corrected chi connectivity index (χ1v) is 10.2. The van der Waals surface area contributed by atoms with E-state index >= 15 is 0 Å². The largest absolute Gasteiger partial charge is 0.485 e. The number of ether oxygens (including phenoxy) is 2. The van der Waals surface area contributed by atoms with Gasteiger partial charge in [-0.1, -0.05) is 12.1 Å². The first kappa shape index (κ1) is 22.2. The second-order valence-corrected chi connectivity index (χ2v) is 8.49. The monoisotopic (exact) mass is 419 g/mol. The van der Waals surface area contributed by atoms with Crippen LogP contribution >= 0.6 is 0 Å². The van der Waals surface area contributed by atoms with E-state index in [-0.39, 0.29) is 6.61 Å². The summed E-state index contributed by atoms with van der Waals surface area (Å²) in [5, 5.41) is 0. The highest BCUT2D eigenvalue weighted by Gasteiger charge is 2.23. The van der Waals surface area contributed by atoms with Gasteiger partial charge in [0.15, 0.2) is 11.4 Å². The Hall–Kier alpha value is -3.46. The van der Waals surface area contributed by atoms with Crippen LogP contribution in [0.2, 0.25) is 0 Å². The van der Waals surface area contributed by atoms with Gasteiger partial charge in [-0.2, -0.15) is 0 Å². The molecular weight excluding hydrogens is 390 g/mol. The van der Waals surface area contributed by atoms with Crippen LogP contribution in [0.25, 0.3) is 5.65 Å². The van der Waals surface area contributed by atoms with Crippen molar-refractivity contribution in [3.8, 4) is 18.1 Å². The van der Waals surface area contributed by atoms with E-state index in [1.165, 1.54) is 4.90 Å². The Morgan fingerprint density at radius 2 is 1.97 bits per heavy atom. The van der Waals surface area contributed by atoms with E-state index in [1.54, 1.807) is 7.05 Å². The van der Waals surface area contributed by atoms with E-state index in [0.29, 0.717) is 12.2 Å². The number of hydrogen-bond donors (Lipinski definition) is 0. The van der Waals surface area contributed by atoms with Gasteiger partial charge in [0.1, 0.15) is 12.2 Å². The molecule has 0 aliphatic heterocycles. The lowest BCUT2D eigenvalue weighted by Gasteiger charge is -2.26. The molecule has 162 valence electrons. The number of amides is 1. The highest BCUT2D eigenvalue weighted by atomic mass is 16.6. The van der Waals surface area contributed by atoms with Crippen molar-refractivity contribution in [3.05, 3.63) is 59.0 Å². The zero-order valence-electron chi connectivity index (χ0n) is 19.0. The fourth-order valence-corrected chi connectivity index (χ4v) is 3.39. The van der Waals surface area contributed by atoms with Gasteiger partial charge in [-0.3, -0.25) is 9.30 Å². The summed E-state index contributed by atoms with van der Waals surface area (Å²) in [5.41, 5.74) is 4.68. The molecule has 2 aromatic heterocycles. The minimum atomic E-state index is -0.573. The van der Waals surface area contributed by atoms with Gasteiger partial charge in [0.2, 0.25) is 0 Å². The number of pyridine rings is 1. The molecule has 0 saturated heterocycles. The molecular formula is C25H29N3O3. The first-order valence-electron chi connectivity index (χ1n) is 10.2. The van der Waals surface area contributed by atoms with E-state index < -0.39 is 11.7 Å². The summed E-state index contributed by atoms with van der Waals surface area (Å²) < 4.78 is 13.7. The zero-order chi connectivity index (χ0) is 22.8. The highest BCUT2D eigenvalue weighted by molar-refractivity contribution is 5.88. The van der Waals surface area contributed by atoms with Gasteiger partial charge in [0.05, 0.1) is 23.5 Å². The van der Waals surface area contributed by atoms with Crippen molar-refractivity contribution in [1.29, 1.82) is 0 Å². The van der Waals surface area contributed by atoms with E-state index in [1.807, 2.05) is 75.5 Å². The predicted molar refractivity (Wildman–Crippen MR) is 123 cm³/mol. The molecule has 0 aliphatic carbocycles. The number of rotatable bonds is 5. The molecule has 0 bridgehead atoms. The lowest BCUT2D eigenvalue weighted by Crippen LogP contribution is -2.34. The van der Waals surface area contributed by atoms with Gasteiger partial charge >= 0.3 is 6.09 Å². The second kappa shape index (κ2) is 8.73. The summed E-state index contributed by atoms with van der Waals surface area (Å²) >= 11 is 0. The summed E-state index contributed by atoms with van der Waals surface area (Å²) in [5.74, 6) is 3.34. The van der Waals surface area contributed by atoms with Crippen LogP contribution in [0.3, 0.4) is 0 Å². The quantitative estimate of drug-likeness (QED) is 0.542. The number of carbonyl (C=O) groups is 1. The third kappa shape index (κ3) is 4.83. The maximum Gasteiger partial charge on any atom is 0.414 e. The molecule has 6 heteroatoms. The fraction of sp³-hybridized carbons (Fsp3) is 0.360. The molecule has 2 heterocycles. The average Bonchev–Trinajstić information content (AvgIpc) is 3.01. The third-order valence-electron chi connectivity index (χ3n) is 4.97. The third-order valence-corrected chi connectivity index (χ3v) is 4.97. The molecule has 0 radical (unpaired) electrons. The summed E-state index contributed by atoms with van der Waals surface area (Å²) in [6.45, 7) is 9.77. The SMILES string of the molecule is C#CCc1c(C)nc2c(OCc3c(C)cccc3N(C)C(=O)OC(C)(C)C)cccn12. The number of aryl methyl sites for hydroxylation is 2. The number of fused-ring (bicyclic) bond motifs is 1. The van der Waals surface area contributed by atoms with Crippen molar-refractivity contribution < 1.29 is 14.3 Å². The number of nitrogens with zero attached hydrogens (tertiary/aromatic N) is 3. The predicted octanol–water partition coefficient (Wildman–Crippen LogP) is 5.08. The van der Waals surface area contributed by atoms with Crippen LogP contribution in [0.4, 0.5) is 10.5 Å². The summed E-state index contributed by atoms with van der Waals surface area (Å²) in [7, 11) is 1.71. The van der Waals surface area contributed by atoms with Gasteiger partial charge < -0.3 is 9.47 Å². The van der Waals surface area contributed by atoms with E-state index in [2.05, 4.69) is 10.9 Å². The van der Waals surface area contributed by atoms with Crippen LogP contribution in [-0.2, 0) is 17.8 Å². The molecule has 3 rings (SSSR count). The van der Waals surface area contributed by atoms with Gasteiger partial charge in [0, 0.05) is 18.8 Å². The Labute approximate surface area is 183 Å². The van der Waals surface area contributed by atoms with Crippen molar-refractivity contribution in [1.82, 2.24) is 9.38 Å². The lowest BCUT2D eigenvalue weighted by molar-refractivity contribution is 0.0589. The van der Waals surface area contributed by atoms with Crippen LogP contribution < -0.4 is 9.64 Å². The molecule has 0 saturated carbocycles. The van der Waals surface area contributed by atoms with Gasteiger partial charge in [-0.25, -0.2) is 9.78 Å². The smallest absolute Gasteiger partial charge is 0.414 e. The molecule has 0 N–H and O–H groups in total. The molecule has 0 unspecified atom stereocenters. The molecule has 6 nitrogen and oxygen atoms in total. The standard InChI is InChI=1S/C25H29N3O3/c1-8-11-20-18(3)26-23-22(14-10-15-28(20)23)30-16-19-17(2)12-9-13-21(19)27(7)24(29)31-25(4,5)6/h1,9-10,12-15H,11,16H2,2-7H3. The van der Waals surface area contributed by atoms with Crippen molar-refractivity contribution >= 4 is 17.4 Å². The number of terminal acetylenes is 1. The van der Waals surface area contributed by atoms with Crippen LogP contribution in [0.15, 0.2) is 36.5 Å². The number of anilines is 1. The van der Waals surface area contributed by atoms with E-state index in [9.17, 15) is 4.79 Å². The second-order valence-electron chi connectivity index (χ2n) is 8.49. The van der Waals surface area contributed by atoms with Crippen LogP contribution in [-0.4, -0.2) is 28.1 Å². The molecule has 1 aromatic carbocycles. The van der Waals surface area contributed by atoms with Crippen molar-refractivity contribution in [2.45, 2.75) is 53.2 Å². The number of aromatic nitrogens is 2. The Morgan fingerprint density at radius 1 is 1.23 bits per heavy atom. The maximum atomic E-state index is 12.6. The average molecular weight is 420 g/mol. The normalized spacial score (nSPS) is 11.3. The molecule has 0 atom stereocenters. The van der Waals surface area contributed by atoms with E-state index in [0.717, 1.165) is 33.8 Å². The minimum Gasteiger partial charge on any atom is -0.485 e. The Morgan fingerprint density at radius 3 is 2.65 bits per heavy atom. The van der Waals surface area contributed by atoms with Gasteiger partial charge in [0.25, 0.3) is 0 Å². The van der Waals surface area contributed by atoms with E-state index in [4.69, 9.17) is 15.9 Å². The van der Waals surface area contributed by atoms with Crippen molar-refractivity contribution in [2.75, 3.05) is 11.9 Å².